The fraction of sp³-hybridized carbons (Fsp3) is 0.0435. The van der Waals surface area contributed by atoms with Crippen LogP contribution in [0.3, 0.4) is 0 Å². The average molecular weight is 632 g/mol. The second-order valence-corrected chi connectivity index (χ2v) is 14.1. The molecule has 15 heteroatoms. The number of carbonyl (C=O) groups is 2. The molecule has 0 spiro atoms. The molecule has 0 fully saturated rings. The average Bonchev–Trinajstić information content (AvgIpc) is 3.58. The van der Waals surface area contributed by atoms with Gasteiger partial charge in [0.1, 0.15) is 8.42 Å². The maximum Gasteiger partial charge on any atom is 0.338 e. The second-order valence-electron chi connectivity index (χ2n) is 7.50. The van der Waals surface area contributed by atoms with Crippen LogP contribution in [0.15, 0.2) is 79.8 Å². The molecule has 0 saturated carbocycles. The van der Waals surface area contributed by atoms with Gasteiger partial charge in [0.25, 0.3) is 20.0 Å². The third-order valence-electron chi connectivity index (χ3n) is 4.76. The molecule has 0 atom stereocenters. The van der Waals surface area contributed by atoms with E-state index in [0.29, 0.717) is 0 Å². The summed E-state index contributed by atoms with van der Waals surface area (Å²) in [6, 6.07) is 13.7. The molecular formula is C23H16Cl2N2O7S4. The number of ketones is 1. The number of hydrogen-bond donors (Lipinski definition) is 2. The number of hydrogen-bond acceptors (Lipinski definition) is 9. The normalized spacial score (nSPS) is 11.6. The lowest BCUT2D eigenvalue weighted by Gasteiger charge is -2.13. The predicted molar refractivity (Wildman–Crippen MR) is 148 cm³/mol. The molecule has 0 amide bonds. The maximum atomic E-state index is 12.8. The van der Waals surface area contributed by atoms with E-state index in [1.807, 2.05) is 0 Å². The Balaban J connectivity index is 1.62. The lowest BCUT2D eigenvalue weighted by atomic mass is 10.1. The standard InChI is InChI=1S/C23H16Cl2N2O7S4/c24-15-5-6-19(25)18(11-15)20(28)13-34-23(29)14-9-16(26-37(30,31)21-3-1-7-35-21)12-17(10-14)27-38(32,33)22-4-2-8-36-22/h1-12,26-27H,13H2. The van der Waals surface area contributed by atoms with Crippen LogP contribution in [0.25, 0.3) is 0 Å². The highest BCUT2D eigenvalue weighted by atomic mass is 35.5. The number of ether oxygens (including phenoxy) is 1. The Hall–Kier alpha value is -2.94. The summed E-state index contributed by atoms with van der Waals surface area (Å²) in [7, 11) is -8.05. The quantitative estimate of drug-likeness (QED) is 0.168. The number of benzene rings is 2. The summed E-state index contributed by atoms with van der Waals surface area (Å²) >= 11 is 13.9. The Bertz CT molecular complexity index is 1620. The van der Waals surface area contributed by atoms with E-state index in [2.05, 4.69) is 9.44 Å². The first-order chi connectivity index (χ1) is 17.9. The number of rotatable bonds is 10. The molecule has 0 aliphatic carbocycles. The van der Waals surface area contributed by atoms with Gasteiger partial charge in [0.15, 0.2) is 6.61 Å². The van der Waals surface area contributed by atoms with E-state index >= 15 is 0 Å². The largest absolute Gasteiger partial charge is 0.454 e. The van der Waals surface area contributed by atoms with Gasteiger partial charge in [0.2, 0.25) is 5.78 Å². The topological polar surface area (TPSA) is 136 Å². The zero-order valence-corrected chi connectivity index (χ0v) is 23.7. The van der Waals surface area contributed by atoms with Crippen molar-refractivity contribution >= 4 is 89.0 Å². The zero-order valence-electron chi connectivity index (χ0n) is 18.9. The fourth-order valence-electron chi connectivity index (χ4n) is 3.11. The summed E-state index contributed by atoms with van der Waals surface area (Å²) in [6.45, 7) is -0.694. The van der Waals surface area contributed by atoms with Crippen molar-refractivity contribution in [2.24, 2.45) is 0 Å². The van der Waals surface area contributed by atoms with E-state index < -0.39 is 38.4 Å². The van der Waals surface area contributed by atoms with Crippen LogP contribution < -0.4 is 9.44 Å². The van der Waals surface area contributed by atoms with Gasteiger partial charge in [-0.15, -0.1) is 22.7 Å². The van der Waals surface area contributed by atoms with Gasteiger partial charge in [-0.25, -0.2) is 21.6 Å². The molecule has 2 aromatic heterocycles. The van der Waals surface area contributed by atoms with Gasteiger partial charge in [-0.05, 0) is 59.3 Å². The third kappa shape index (κ3) is 6.73. The number of carbonyl (C=O) groups excluding carboxylic acids is 2. The van der Waals surface area contributed by atoms with Crippen molar-refractivity contribution in [3.8, 4) is 0 Å². The Kier molecular flexibility index (Phi) is 8.45. The first kappa shape index (κ1) is 28.1. The minimum atomic E-state index is -4.03. The number of anilines is 2. The van der Waals surface area contributed by atoms with Crippen LogP contribution in [0.1, 0.15) is 20.7 Å². The van der Waals surface area contributed by atoms with Crippen molar-refractivity contribution in [3.63, 3.8) is 0 Å². The van der Waals surface area contributed by atoms with E-state index in [0.717, 1.165) is 34.8 Å². The summed E-state index contributed by atoms with van der Waals surface area (Å²) in [6.07, 6.45) is 0. The molecule has 4 rings (SSSR count). The highest BCUT2D eigenvalue weighted by molar-refractivity contribution is 7.95. The minimum absolute atomic E-state index is 0.00944. The number of nitrogens with one attached hydrogen (secondary N) is 2. The van der Waals surface area contributed by atoms with Crippen molar-refractivity contribution in [3.05, 3.63) is 92.6 Å². The van der Waals surface area contributed by atoms with Gasteiger partial charge in [-0.2, -0.15) is 0 Å². The molecule has 2 heterocycles. The summed E-state index contributed by atoms with van der Waals surface area (Å²) in [4.78, 5) is 25.4. The van der Waals surface area contributed by atoms with Crippen molar-refractivity contribution in [1.29, 1.82) is 0 Å². The fourth-order valence-corrected chi connectivity index (χ4v) is 7.57. The van der Waals surface area contributed by atoms with Gasteiger partial charge in [0.05, 0.1) is 22.0 Å². The van der Waals surface area contributed by atoms with Gasteiger partial charge >= 0.3 is 5.97 Å². The Morgan fingerprint density at radius 3 is 1.84 bits per heavy atom. The molecular weight excluding hydrogens is 615 g/mol. The van der Waals surface area contributed by atoms with Crippen molar-refractivity contribution < 1.29 is 31.2 Å². The molecule has 2 N–H and O–H groups in total. The van der Waals surface area contributed by atoms with Crippen molar-refractivity contribution in [2.45, 2.75) is 8.42 Å². The summed E-state index contributed by atoms with van der Waals surface area (Å²) in [5, 5.41) is 3.53. The Morgan fingerprint density at radius 1 is 0.789 bits per heavy atom. The molecule has 0 saturated heterocycles. The molecule has 38 heavy (non-hydrogen) atoms. The first-order valence-corrected chi connectivity index (χ1v) is 15.9. The van der Waals surface area contributed by atoms with Crippen LogP contribution in [-0.4, -0.2) is 35.2 Å². The Morgan fingerprint density at radius 2 is 1.34 bits per heavy atom. The van der Waals surface area contributed by atoms with Gasteiger partial charge in [-0.3, -0.25) is 14.2 Å². The van der Waals surface area contributed by atoms with Crippen LogP contribution in [-0.2, 0) is 24.8 Å². The Labute approximate surface area is 236 Å². The second kappa shape index (κ2) is 11.4. The van der Waals surface area contributed by atoms with Crippen LogP contribution in [0.2, 0.25) is 10.0 Å². The molecule has 0 bridgehead atoms. The molecule has 9 nitrogen and oxygen atoms in total. The number of Topliss-reactive ketones (excluding diaryl/α,β-unsaturated/α-hetero) is 1. The number of sulfonamides is 2. The zero-order chi connectivity index (χ0) is 27.5. The van der Waals surface area contributed by atoms with Gasteiger partial charge in [-0.1, -0.05) is 35.3 Å². The van der Waals surface area contributed by atoms with Crippen LogP contribution in [0.4, 0.5) is 11.4 Å². The monoisotopic (exact) mass is 630 g/mol. The predicted octanol–water partition coefficient (Wildman–Crippen LogP) is 5.76. The summed E-state index contributed by atoms with van der Waals surface area (Å²) < 4.78 is 60.7. The molecule has 2 aromatic carbocycles. The minimum Gasteiger partial charge on any atom is -0.454 e. The first-order valence-electron chi connectivity index (χ1n) is 10.4. The van der Waals surface area contributed by atoms with Crippen molar-refractivity contribution in [1.82, 2.24) is 0 Å². The molecule has 198 valence electrons. The van der Waals surface area contributed by atoms with Gasteiger partial charge in [0, 0.05) is 10.6 Å². The van der Waals surface area contributed by atoms with Gasteiger partial charge < -0.3 is 4.74 Å². The van der Waals surface area contributed by atoms with E-state index in [1.54, 1.807) is 22.9 Å². The third-order valence-corrected chi connectivity index (χ3v) is 10.9. The molecule has 4 aromatic rings. The summed E-state index contributed by atoms with van der Waals surface area (Å²) in [5.41, 5.74) is -0.388. The smallest absolute Gasteiger partial charge is 0.338 e. The maximum absolute atomic E-state index is 12.8. The van der Waals surface area contributed by atoms with E-state index in [-0.39, 0.29) is 41.0 Å². The molecule has 0 aliphatic rings. The molecule has 0 aliphatic heterocycles. The van der Waals surface area contributed by atoms with Crippen LogP contribution >= 0.6 is 45.9 Å². The number of halogens is 2. The van der Waals surface area contributed by atoms with E-state index in [1.165, 1.54) is 36.4 Å². The van der Waals surface area contributed by atoms with Crippen LogP contribution in [0, 0.1) is 0 Å². The number of thiophene rings is 2. The highest BCUT2D eigenvalue weighted by Crippen LogP contribution is 2.27. The van der Waals surface area contributed by atoms with Crippen molar-refractivity contribution in [2.75, 3.05) is 16.1 Å². The molecule has 0 radical (unpaired) electrons. The SMILES string of the molecule is O=C(OCC(=O)c1cc(Cl)ccc1Cl)c1cc(NS(=O)(=O)c2cccs2)cc(NS(=O)(=O)c2cccs2)c1. The van der Waals surface area contributed by atoms with E-state index in [4.69, 9.17) is 27.9 Å². The lowest BCUT2D eigenvalue weighted by Crippen LogP contribution is -2.17. The van der Waals surface area contributed by atoms with E-state index in [9.17, 15) is 26.4 Å². The molecule has 0 unspecified atom stereocenters. The lowest BCUT2D eigenvalue weighted by molar-refractivity contribution is 0.0475. The summed E-state index contributed by atoms with van der Waals surface area (Å²) in [5.74, 6) is -1.63. The van der Waals surface area contributed by atoms with Crippen LogP contribution in [0.5, 0.6) is 0 Å². The number of esters is 1. The highest BCUT2D eigenvalue weighted by Gasteiger charge is 2.21.